The summed E-state index contributed by atoms with van der Waals surface area (Å²) < 4.78 is 5.34. The number of hydrogen-bond acceptors (Lipinski definition) is 3. The van der Waals surface area contributed by atoms with E-state index in [4.69, 9.17) is 17.4 Å². The average molecular weight is 369 g/mol. The second kappa shape index (κ2) is 7.13. The van der Waals surface area contributed by atoms with Crippen LogP contribution in [0.3, 0.4) is 0 Å². The highest BCUT2D eigenvalue weighted by molar-refractivity contribution is 8.18. The molecular weight excluding hydrogens is 344 g/mol. The first-order chi connectivity index (χ1) is 12.2. The van der Waals surface area contributed by atoms with Crippen LogP contribution in [0.15, 0.2) is 60.7 Å². The molecule has 4 rings (SSSR count). The lowest BCUT2D eigenvalue weighted by molar-refractivity contribution is 0.322. The fourth-order valence-electron chi connectivity index (χ4n) is 4.16. The summed E-state index contributed by atoms with van der Waals surface area (Å²) in [6, 6.07) is 19.4. The summed E-state index contributed by atoms with van der Waals surface area (Å²) in [5.41, 5.74) is 2.68. The van der Waals surface area contributed by atoms with Crippen LogP contribution in [0, 0.1) is 5.92 Å². The average Bonchev–Trinajstić information content (AvgIpc) is 2.67. The van der Waals surface area contributed by atoms with Crippen LogP contribution in [0.4, 0.5) is 0 Å². The first-order valence-electron chi connectivity index (χ1n) is 9.02. The van der Waals surface area contributed by atoms with Crippen LogP contribution >= 0.6 is 24.4 Å². The number of ether oxygens (including phenoxy) is 1. The molecule has 0 bridgehead atoms. The minimum atomic E-state index is 0.0305. The second-order valence-electron chi connectivity index (χ2n) is 7.00. The van der Waals surface area contributed by atoms with Gasteiger partial charge in [-0.15, -0.1) is 11.8 Å². The number of allylic oxidation sites excluding steroid dienone is 1. The van der Waals surface area contributed by atoms with E-state index in [1.807, 2.05) is 23.9 Å². The van der Waals surface area contributed by atoms with Gasteiger partial charge in [-0.3, -0.25) is 0 Å². The molecule has 25 heavy (non-hydrogen) atoms. The Labute approximate surface area is 160 Å². The number of methoxy groups -OCH3 is 1. The first kappa shape index (κ1) is 17.1. The SMILES string of the molecule is COc1ccc(C2=C[C@H](c3ccccc3)[C@H]3CCCC[C@@]3(S)S2)cc1. The quantitative estimate of drug-likeness (QED) is 0.629. The zero-order valence-corrected chi connectivity index (χ0v) is 16.2. The van der Waals surface area contributed by atoms with Crippen LogP contribution in [0.5, 0.6) is 5.75 Å². The predicted octanol–water partition coefficient (Wildman–Crippen LogP) is 6.38. The molecule has 1 aliphatic carbocycles. The molecule has 2 aromatic carbocycles. The summed E-state index contributed by atoms with van der Waals surface area (Å²) in [5, 5.41) is 0. The normalized spacial score (nSPS) is 28.8. The van der Waals surface area contributed by atoms with Crippen LogP contribution < -0.4 is 4.74 Å². The third-order valence-corrected chi connectivity index (χ3v) is 7.77. The summed E-state index contributed by atoms with van der Waals surface area (Å²) in [5.74, 6) is 1.94. The lowest BCUT2D eigenvalue weighted by Gasteiger charge is -2.47. The van der Waals surface area contributed by atoms with Crippen molar-refractivity contribution in [2.45, 2.75) is 35.7 Å². The number of thiol groups is 1. The van der Waals surface area contributed by atoms with Crippen molar-refractivity contribution in [3.63, 3.8) is 0 Å². The Bertz CT molecular complexity index is 753. The van der Waals surface area contributed by atoms with Gasteiger partial charge in [-0.1, -0.05) is 61.4 Å². The molecule has 2 aliphatic rings. The molecule has 0 N–H and O–H groups in total. The second-order valence-corrected chi connectivity index (χ2v) is 9.47. The largest absolute Gasteiger partial charge is 0.497 e. The summed E-state index contributed by atoms with van der Waals surface area (Å²) >= 11 is 7.20. The lowest BCUT2D eigenvalue weighted by atomic mass is 9.75. The molecule has 0 unspecified atom stereocenters. The molecule has 130 valence electrons. The molecule has 3 atom stereocenters. The third-order valence-electron chi connectivity index (χ3n) is 5.49. The van der Waals surface area contributed by atoms with E-state index >= 15 is 0 Å². The van der Waals surface area contributed by atoms with E-state index in [2.05, 4.69) is 48.5 Å². The molecule has 1 saturated carbocycles. The fraction of sp³-hybridized carbons (Fsp3) is 0.364. The molecule has 0 radical (unpaired) electrons. The lowest BCUT2D eigenvalue weighted by Crippen LogP contribution is -2.38. The van der Waals surface area contributed by atoms with Crippen molar-refractivity contribution in [2.24, 2.45) is 5.92 Å². The summed E-state index contributed by atoms with van der Waals surface area (Å²) in [7, 11) is 1.71. The van der Waals surface area contributed by atoms with Gasteiger partial charge in [0, 0.05) is 10.8 Å². The van der Waals surface area contributed by atoms with Crippen LogP contribution in [0.25, 0.3) is 4.91 Å². The van der Waals surface area contributed by atoms with Crippen molar-refractivity contribution in [2.75, 3.05) is 7.11 Å². The molecule has 0 spiro atoms. The summed E-state index contributed by atoms with van der Waals surface area (Å²) in [6.07, 6.45) is 7.53. The van der Waals surface area contributed by atoms with E-state index in [9.17, 15) is 0 Å². The predicted molar refractivity (Wildman–Crippen MR) is 111 cm³/mol. The van der Waals surface area contributed by atoms with Crippen LogP contribution in [0.2, 0.25) is 0 Å². The minimum Gasteiger partial charge on any atom is -0.497 e. The van der Waals surface area contributed by atoms with Crippen molar-refractivity contribution < 1.29 is 4.74 Å². The molecule has 3 heteroatoms. The molecule has 1 nitrogen and oxygen atoms in total. The van der Waals surface area contributed by atoms with E-state index in [0.717, 1.165) is 5.75 Å². The Kier molecular flexibility index (Phi) is 4.88. The number of thioether (sulfide) groups is 1. The monoisotopic (exact) mass is 368 g/mol. The van der Waals surface area contributed by atoms with Gasteiger partial charge in [0.25, 0.3) is 0 Å². The highest BCUT2D eigenvalue weighted by Gasteiger charge is 2.46. The zero-order valence-electron chi connectivity index (χ0n) is 14.5. The maximum absolute atomic E-state index is 5.31. The van der Waals surface area contributed by atoms with Crippen molar-refractivity contribution >= 4 is 29.3 Å². The Morgan fingerprint density at radius 3 is 2.52 bits per heavy atom. The van der Waals surface area contributed by atoms with Gasteiger partial charge in [-0.25, -0.2) is 0 Å². The van der Waals surface area contributed by atoms with Gasteiger partial charge in [0.2, 0.25) is 0 Å². The fourth-order valence-corrected chi connectivity index (χ4v) is 6.41. The smallest absolute Gasteiger partial charge is 0.118 e. The van der Waals surface area contributed by atoms with Crippen LogP contribution in [0.1, 0.15) is 42.7 Å². The van der Waals surface area contributed by atoms with Gasteiger partial charge in [0.05, 0.1) is 11.2 Å². The summed E-state index contributed by atoms with van der Waals surface area (Å²) in [6.45, 7) is 0. The highest BCUT2D eigenvalue weighted by atomic mass is 32.2. The molecule has 0 aromatic heterocycles. The number of hydrogen-bond donors (Lipinski definition) is 1. The van der Waals surface area contributed by atoms with Gasteiger partial charge in [-0.2, -0.15) is 12.6 Å². The standard InChI is InChI=1S/C22H24OS2/c1-23-18-12-10-17(11-13-18)21-15-19(16-7-3-2-4-8-16)20-9-5-6-14-22(20,24)25-21/h2-4,7-8,10-13,15,19-20,24H,5-6,9,14H2,1H3/t19-,20-,22-/m1/s1. The van der Waals surface area contributed by atoms with Crippen LogP contribution in [-0.4, -0.2) is 11.2 Å². The minimum absolute atomic E-state index is 0.0305. The van der Waals surface area contributed by atoms with Gasteiger partial charge in [0.1, 0.15) is 5.75 Å². The number of rotatable bonds is 3. The van der Waals surface area contributed by atoms with Gasteiger partial charge < -0.3 is 4.74 Å². The third kappa shape index (κ3) is 3.37. The van der Waals surface area contributed by atoms with Crippen LogP contribution in [-0.2, 0) is 0 Å². The topological polar surface area (TPSA) is 9.23 Å². The van der Waals surface area contributed by atoms with E-state index in [1.54, 1.807) is 7.11 Å². The molecular formula is C22H24OS2. The molecule has 1 aliphatic heterocycles. The maximum Gasteiger partial charge on any atom is 0.118 e. The first-order valence-corrected chi connectivity index (χ1v) is 10.3. The molecule has 1 fully saturated rings. The van der Waals surface area contributed by atoms with E-state index in [1.165, 1.54) is 41.7 Å². The van der Waals surface area contributed by atoms with Gasteiger partial charge >= 0.3 is 0 Å². The molecule has 0 saturated heterocycles. The Morgan fingerprint density at radius 1 is 1.04 bits per heavy atom. The van der Waals surface area contributed by atoms with Crippen molar-refractivity contribution in [3.8, 4) is 5.75 Å². The van der Waals surface area contributed by atoms with Gasteiger partial charge in [0.15, 0.2) is 0 Å². The Hall–Kier alpha value is -1.32. The van der Waals surface area contributed by atoms with Crippen molar-refractivity contribution in [3.05, 3.63) is 71.8 Å². The van der Waals surface area contributed by atoms with E-state index in [0.29, 0.717) is 11.8 Å². The molecule has 0 amide bonds. The Morgan fingerprint density at radius 2 is 1.80 bits per heavy atom. The number of benzene rings is 2. The van der Waals surface area contributed by atoms with E-state index in [-0.39, 0.29) is 4.08 Å². The van der Waals surface area contributed by atoms with E-state index < -0.39 is 0 Å². The zero-order chi connectivity index (χ0) is 17.3. The van der Waals surface area contributed by atoms with Gasteiger partial charge in [-0.05, 0) is 42.0 Å². The number of fused-ring (bicyclic) bond motifs is 1. The molecule has 2 aromatic rings. The summed E-state index contributed by atoms with van der Waals surface area (Å²) in [4.78, 5) is 1.35. The maximum atomic E-state index is 5.31. The van der Waals surface area contributed by atoms with Crippen molar-refractivity contribution in [1.29, 1.82) is 0 Å². The highest BCUT2D eigenvalue weighted by Crippen LogP contribution is 2.60. The van der Waals surface area contributed by atoms with Crippen molar-refractivity contribution in [1.82, 2.24) is 0 Å². The molecule has 1 heterocycles. The Balaban J connectivity index is 1.76.